The number of halogens is 2. The summed E-state index contributed by atoms with van der Waals surface area (Å²) in [6.45, 7) is 0.388. The van der Waals surface area contributed by atoms with Crippen LogP contribution in [0.1, 0.15) is 5.56 Å². The standard InChI is InChI=1S/C14H10F2N4/c15-12-8-4-7-11(13(12)16)14-17-18-19-20(14)9-10-5-2-1-3-6-10/h1-8H,9H2. The third-order valence-electron chi connectivity index (χ3n) is 2.90. The van der Waals surface area contributed by atoms with Crippen molar-refractivity contribution in [2.75, 3.05) is 0 Å². The maximum Gasteiger partial charge on any atom is 0.185 e. The minimum absolute atomic E-state index is 0.0472. The molecule has 0 aliphatic heterocycles. The van der Waals surface area contributed by atoms with Crippen LogP contribution in [-0.4, -0.2) is 20.2 Å². The van der Waals surface area contributed by atoms with Crippen molar-refractivity contribution in [1.82, 2.24) is 20.2 Å². The molecule has 0 unspecified atom stereocenters. The first-order valence-corrected chi connectivity index (χ1v) is 6.00. The largest absolute Gasteiger partial charge is 0.221 e. The number of benzene rings is 2. The Hall–Kier alpha value is -2.63. The Morgan fingerprint density at radius 2 is 1.75 bits per heavy atom. The van der Waals surface area contributed by atoms with Gasteiger partial charge in [0.05, 0.1) is 12.1 Å². The molecule has 3 aromatic rings. The molecule has 6 heteroatoms. The first-order valence-electron chi connectivity index (χ1n) is 6.00. The molecule has 20 heavy (non-hydrogen) atoms. The predicted molar refractivity (Wildman–Crippen MR) is 68.7 cm³/mol. The maximum atomic E-state index is 13.8. The van der Waals surface area contributed by atoms with Crippen molar-refractivity contribution in [3.63, 3.8) is 0 Å². The summed E-state index contributed by atoms with van der Waals surface area (Å²) in [5, 5.41) is 11.1. The second kappa shape index (κ2) is 5.16. The Bertz CT molecular complexity index is 725. The van der Waals surface area contributed by atoms with E-state index in [1.54, 1.807) is 0 Å². The monoisotopic (exact) mass is 272 g/mol. The van der Waals surface area contributed by atoms with Gasteiger partial charge in [-0.25, -0.2) is 13.5 Å². The van der Waals surface area contributed by atoms with E-state index in [-0.39, 0.29) is 11.4 Å². The van der Waals surface area contributed by atoms with Crippen LogP contribution >= 0.6 is 0 Å². The van der Waals surface area contributed by atoms with Gasteiger partial charge in [-0.15, -0.1) is 5.10 Å². The summed E-state index contributed by atoms with van der Waals surface area (Å²) < 4.78 is 28.5. The number of rotatable bonds is 3. The fourth-order valence-electron chi connectivity index (χ4n) is 1.94. The van der Waals surface area contributed by atoms with Gasteiger partial charge in [0.2, 0.25) is 0 Å². The highest BCUT2D eigenvalue weighted by Crippen LogP contribution is 2.22. The van der Waals surface area contributed by atoms with Crippen LogP contribution in [-0.2, 0) is 6.54 Å². The molecule has 2 aromatic carbocycles. The van der Waals surface area contributed by atoms with Crippen molar-refractivity contribution >= 4 is 0 Å². The molecule has 0 aliphatic carbocycles. The lowest BCUT2D eigenvalue weighted by atomic mass is 10.2. The minimum Gasteiger partial charge on any atom is -0.221 e. The highest BCUT2D eigenvalue weighted by atomic mass is 19.2. The van der Waals surface area contributed by atoms with Crippen LogP contribution in [0.4, 0.5) is 8.78 Å². The Kier molecular flexibility index (Phi) is 3.20. The van der Waals surface area contributed by atoms with Gasteiger partial charge in [-0.05, 0) is 28.1 Å². The van der Waals surface area contributed by atoms with Crippen molar-refractivity contribution in [2.24, 2.45) is 0 Å². The Morgan fingerprint density at radius 1 is 0.950 bits per heavy atom. The molecule has 3 rings (SSSR count). The Balaban J connectivity index is 2.00. The molecule has 1 heterocycles. The molecule has 0 atom stereocenters. The average molecular weight is 272 g/mol. The van der Waals surface area contributed by atoms with Gasteiger partial charge in [0.15, 0.2) is 17.5 Å². The van der Waals surface area contributed by atoms with Gasteiger partial charge >= 0.3 is 0 Å². The van der Waals surface area contributed by atoms with Crippen LogP contribution in [0.15, 0.2) is 48.5 Å². The fraction of sp³-hybridized carbons (Fsp3) is 0.0714. The second-order valence-corrected chi connectivity index (χ2v) is 4.25. The molecule has 0 spiro atoms. The van der Waals surface area contributed by atoms with E-state index in [4.69, 9.17) is 0 Å². The first kappa shape index (κ1) is 12.4. The van der Waals surface area contributed by atoms with Crippen LogP contribution in [0, 0.1) is 11.6 Å². The zero-order chi connectivity index (χ0) is 13.9. The van der Waals surface area contributed by atoms with Gasteiger partial charge in [-0.1, -0.05) is 36.4 Å². The molecule has 0 radical (unpaired) electrons. The molecular formula is C14H10F2N4. The molecule has 0 fully saturated rings. The summed E-state index contributed by atoms with van der Waals surface area (Å²) >= 11 is 0. The third kappa shape index (κ3) is 2.27. The van der Waals surface area contributed by atoms with E-state index in [0.29, 0.717) is 6.54 Å². The number of hydrogen-bond donors (Lipinski definition) is 0. The van der Waals surface area contributed by atoms with Gasteiger partial charge in [0.25, 0.3) is 0 Å². The number of tetrazole rings is 1. The van der Waals surface area contributed by atoms with Crippen LogP contribution in [0.5, 0.6) is 0 Å². The summed E-state index contributed by atoms with van der Waals surface area (Å²) in [5.74, 6) is -1.67. The van der Waals surface area contributed by atoms with Gasteiger partial charge < -0.3 is 0 Å². The van der Waals surface area contributed by atoms with Gasteiger partial charge in [-0.2, -0.15) is 0 Å². The van der Waals surface area contributed by atoms with E-state index in [1.165, 1.54) is 16.8 Å². The predicted octanol–water partition coefficient (Wildman–Crippen LogP) is 2.67. The maximum absolute atomic E-state index is 13.8. The smallest absolute Gasteiger partial charge is 0.185 e. The van der Waals surface area contributed by atoms with Crippen LogP contribution in [0.25, 0.3) is 11.4 Å². The van der Waals surface area contributed by atoms with Crippen molar-refractivity contribution in [3.8, 4) is 11.4 Å². The summed E-state index contributed by atoms with van der Waals surface area (Å²) in [6.07, 6.45) is 0. The lowest BCUT2D eigenvalue weighted by Gasteiger charge is -2.06. The van der Waals surface area contributed by atoms with Gasteiger partial charge in [0, 0.05) is 0 Å². The molecule has 0 N–H and O–H groups in total. The molecule has 1 aromatic heterocycles. The molecule has 0 saturated carbocycles. The quantitative estimate of drug-likeness (QED) is 0.736. The number of nitrogens with zero attached hydrogens (tertiary/aromatic N) is 4. The first-order chi connectivity index (χ1) is 9.75. The Labute approximate surface area is 113 Å². The normalized spacial score (nSPS) is 10.7. The van der Waals surface area contributed by atoms with Crippen molar-refractivity contribution in [2.45, 2.75) is 6.54 Å². The zero-order valence-electron chi connectivity index (χ0n) is 10.4. The van der Waals surface area contributed by atoms with E-state index in [1.807, 2.05) is 30.3 Å². The Morgan fingerprint density at radius 3 is 2.55 bits per heavy atom. The van der Waals surface area contributed by atoms with Gasteiger partial charge in [-0.3, -0.25) is 0 Å². The molecule has 0 amide bonds. The molecule has 0 bridgehead atoms. The highest BCUT2D eigenvalue weighted by Gasteiger charge is 2.16. The van der Waals surface area contributed by atoms with Gasteiger partial charge in [0.1, 0.15) is 0 Å². The SMILES string of the molecule is Fc1cccc(-c2nnnn2Cc2ccccc2)c1F. The summed E-state index contributed by atoms with van der Waals surface area (Å²) in [5.41, 5.74) is 1.02. The van der Waals surface area contributed by atoms with Crippen LogP contribution < -0.4 is 0 Å². The average Bonchev–Trinajstić information content (AvgIpc) is 2.91. The molecule has 4 nitrogen and oxygen atoms in total. The second-order valence-electron chi connectivity index (χ2n) is 4.25. The topological polar surface area (TPSA) is 43.6 Å². The lowest BCUT2D eigenvalue weighted by molar-refractivity contribution is 0.509. The fourth-order valence-corrected chi connectivity index (χ4v) is 1.94. The zero-order valence-corrected chi connectivity index (χ0v) is 10.4. The summed E-state index contributed by atoms with van der Waals surface area (Å²) in [4.78, 5) is 0. The lowest BCUT2D eigenvalue weighted by Crippen LogP contribution is -2.05. The van der Waals surface area contributed by atoms with Crippen molar-refractivity contribution in [1.29, 1.82) is 0 Å². The van der Waals surface area contributed by atoms with E-state index in [2.05, 4.69) is 15.5 Å². The van der Waals surface area contributed by atoms with Crippen LogP contribution in [0.2, 0.25) is 0 Å². The van der Waals surface area contributed by atoms with E-state index in [9.17, 15) is 8.78 Å². The highest BCUT2D eigenvalue weighted by molar-refractivity contribution is 5.55. The summed E-state index contributed by atoms with van der Waals surface area (Å²) in [6, 6.07) is 13.4. The van der Waals surface area contributed by atoms with E-state index >= 15 is 0 Å². The van der Waals surface area contributed by atoms with Crippen molar-refractivity contribution in [3.05, 3.63) is 65.7 Å². The molecule has 100 valence electrons. The van der Waals surface area contributed by atoms with Crippen molar-refractivity contribution < 1.29 is 8.78 Å². The molecule has 0 aliphatic rings. The molecular weight excluding hydrogens is 262 g/mol. The van der Waals surface area contributed by atoms with Crippen LogP contribution in [0.3, 0.4) is 0 Å². The third-order valence-corrected chi connectivity index (χ3v) is 2.90. The van der Waals surface area contributed by atoms with E-state index in [0.717, 1.165) is 11.6 Å². The van der Waals surface area contributed by atoms with E-state index < -0.39 is 11.6 Å². The molecule has 0 saturated heterocycles. The number of hydrogen-bond acceptors (Lipinski definition) is 3. The minimum atomic E-state index is -0.948. The number of aromatic nitrogens is 4. The summed E-state index contributed by atoms with van der Waals surface area (Å²) in [7, 11) is 0.